The Kier molecular flexibility index (Phi) is 3.37. The smallest absolute Gasteiger partial charge is 0.273 e. The quantitative estimate of drug-likeness (QED) is 0.807. The van der Waals surface area contributed by atoms with Gasteiger partial charge in [-0.15, -0.1) is 22.7 Å². The number of hydrogen-bond donors (Lipinski definition) is 1. The van der Waals surface area contributed by atoms with Crippen molar-refractivity contribution in [3.05, 3.63) is 40.3 Å². The van der Waals surface area contributed by atoms with Crippen LogP contribution in [0, 0.1) is 0 Å². The highest BCUT2D eigenvalue weighted by Crippen LogP contribution is 2.23. The van der Waals surface area contributed by atoms with E-state index >= 15 is 0 Å². The third-order valence-electron chi connectivity index (χ3n) is 2.80. The van der Waals surface area contributed by atoms with Gasteiger partial charge in [0.05, 0.1) is 16.8 Å². The minimum absolute atomic E-state index is 0.141. The normalized spacial score (nSPS) is 10.8. The summed E-state index contributed by atoms with van der Waals surface area (Å²) in [5.74, 6) is -0.141. The number of carbonyl (C=O) groups excluding carboxylic acids is 1. The summed E-state index contributed by atoms with van der Waals surface area (Å²) in [6.45, 7) is 0.468. The van der Waals surface area contributed by atoms with Crippen molar-refractivity contribution in [1.82, 2.24) is 14.9 Å². The molecule has 2 N–H and O–H groups in total. The largest absolute Gasteiger partial charge is 0.375 e. The number of thiazole rings is 2. The Morgan fingerprint density at radius 1 is 1.35 bits per heavy atom. The van der Waals surface area contributed by atoms with E-state index in [0.29, 0.717) is 17.4 Å². The van der Waals surface area contributed by atoms with Gasteiger partial charge in [0.15, 0.2) is 5.13 Å². The molecule has 0 fully saturated rings. The highest BCUT2D eigenvalue weighted by Gasteiger charge is 2.16. The lowest BCUT2D eigenvalue weighted by atomic mass is 10.3. The standard InChI is InChI=1S/C13H12N4OS2/c1-17(12(18)9-7-19-13(14)16-9)6-11-15-8-4-2-3-5-10(8)20-11/h2-5,7H,6H2,1H3,(H2,14,16). The van der Waals surface area contributed by atoms with E-state index in [1.807, 2.05) is 24.3 Å². The second-order valence-corrected chi connectivity index (χ2v) is 6.31. The molecule has 0 aliphatic rings. The molecule has 3 aromatic rings. The van der Waals surface area contributed by atoms with Crippen LogP contribution in [0.3, 0.4) is 0 Å². The predicted molar refractivity (Wildman–Crippen MR) is 81.9 cm³/mol. The molecule has 1 aromatic carbocycles. The van der Waals surface area contributed by atoms with Gasteiger partial charge in [-0.2, -0.15) is 0 Å². The van der Waals surface area contributed by atoms with Crippen molar-refractivity contribution in [3.8, 4) is 0 Å². The summed E-state index contributed by atoms with van der Waals surface area (Å²) in [4.78, 5) is 22.3. The molecular formula is C13H12N4OS2. The lowest BCUT2D eigenvalue weighted by molar-refractivity contribution is 0.0780. The molecular weight excluding hydrogens is 292 g/mol. The van der Waals surface area contributed by atoms with Gasteiger partial charge in [-0.1, -0.05) is 12.1 Å². The fourth-order valence-electron chi connectivity index (χ4n) is 1.84. The van der Waals surface area contributed by atoms with Crippen molar-refractivity contribution in [2.45, 2.75) is 6.54 Å². The van der Waals surface area contributed by atoms with Crippen molar-refractivity contribution in [2.75, 3.05) is 12.8 Å². The van der Waals surface area contributed by atoms with E-state index in [1.165, 1.54) is 11.3 Å². The van der Waals surface area contributed by atoms with Gasteiger partial charge in [-0.3, -0.25) is 4.79 Å². The van der Waals surface area contributed by atoms with Crippen molar-refractivity contribution in [3.63, 3.8) is 0 Å². The van der Waals surface area contributed by atoms with E-state index in [9.17, 15) is 4.79 Å². The van der Waals surface area contributed by atoms with Gasteiger partial charge in [0.25, 0.3) is 5.91 Å². The first kappa shape index (κ1) is 13.0. The van der Waals surface area contributed by atoms with Crippen LogP contribution in [-0.2, 0) is 6.54 Å². The Bertz CT molecular complexity index is 731. The average molecular weight is 304 g/mol. The van der Waals surface area contributed by atoms with Crippen LogP contribution in [0.5, 0.6) is 0 Å². The first-order valence-corrected chi connectivity index (χ1v) is 7.64. The molecule has 0 aliphatic carbocycles. The Labute approximate surface area is 123 Å². The molecule has 5 nitrogen and oxygen atoms in total. The van der Waals surface area contributed by atoms with E-state index < -0.39 is 0 Å². The molecule has 2 heterocycles. The number of rotatable bonds is 3. The van der Waals surface area contributed by atoms with Crippen LogP contribution >= 0.6 is 22.7 Å². The molecule has 102 valence electrons. The van der Waals surface area contributed by atoms with Crippen LogP contribution in [-0.4, -0.2) is 27.8 Å². The molecule has 0 unspecified atom stereocenters. The molecule has 0 aliphatic heterocycles. The molecule has 0 spiro atoms. The molecule has 20 heavy (non-hydrogen) atoms. The molecule has 1 amide bonds. The predicted octanol–water partition coefficient (Wildman–Crippen LogP) is 2.61. The van der Waals surface area contributed by atoms with E-state index in [-0.39, 0.29) is 5.91 Å². The molecule has 7 heteroatoms. The summed E-state index contributed by atoms with van der Waals surface area (Å²) in [5.41, 5.74) is 6.90. The molecule has 0 atom stereocenters. The van der Waals surface area contributed by atoms with Crippen LogP contribution in [0.4, 0.5) is 5.13 Å². The molecule has 3 rings (SSSR count). The highest BCUT2D eigenvalue weighted by molar-refractivity contribution is 7.18. The van der Waals surface area contributed by atoms with Crippen LogP contribution in [0.1, 0.15) is 15.5 Å². The summed E-state index contributed by atoms with van der Waals surface area (Å²) in [7, 11) is 1.74. The summed E-state index contributed by atoms with van der Waals surface area (Å²) >= 11 is 2.86. The van der Waals surface area contributed by atoms with Crippen LogP contribution in [0.25, 0.3) is 10.2 Å². The molecule has 2 aromatic heterocycles. The first-order valence-electron chi connectivity index (χ1n) is 5.94. The number of aromatic nitrogens is 2. The first-order chi connectivity index (χ1) is 9.63. The van der Waals surface area contributed by atoms with E-state index in [0.717, 1.165) is 15.2 Å². The van der Waals surface area contributed by atoms with Gasteiger partial charge >= 0.3 is 0 Å². The van der Waals surface area contributed by atoms with Gasteiger partial charge in [-0.05, 0) is 12.1 Å². The molecule has 0 bridgehead atoms. The topological polar surface area (TPSA) is 72.1 Å². The number of nitrogens with zero attached hydrogens (tertiary/aromatic N) is 3. The lowest BCUT2D eigenvalue weighted by Crippen LogP contribution is -2.26. The Hall–Kier alpha value is -1.99. The zero-order chi connectivity index (χ0) is 14.1. The number of carbonyl (C=O) groups is 1. The van der Waals surface area contributed by atoms with E-state index in [4.69, 9.17) is 5.73 Å². The molecule has 0 radical (unpaired) electrons. The minimum Gasteiger partial charge on any atom is -0.375 e. The number of para-hydroxylation sites is 1. The van der Waals surface area contributed by atoms with E-state index in [2.05, 4.69) is 9.97 Å². The monoisotopic (exact) mass is 304 g/mol. The SMILES string of the molecule is CN(Cc1nc2ccccc2s1)C(=O)c1csc(N)n1. The van der Waals surface area contributed by atoms with Gasteiger partial charge in [0.1, 0.15) is 10.7 Å². The maximum Gasteiger partial charge on any atom is 0.273 e. The zero-order valence-electron chi connectivity index (χ0n) is 10.7. The lowest BCUT2D eigenvalue weighted by Gasteiger charge is -2.13. The maximum atomic E-state index is 12.2. The molecule has 0 saturated carbocycles. The van der Waals surface area contributed by atoms with Crippen molar-refractivity contribution in [2.24, 2.45) is 0 Å². The highest BCUT2D eigenvalue weighted by atomic mass is 32.1. The van der Waals surface area contributed by atoms with Crippen molar-refractivity contribution in [1.29, 1.82) is 0 Å². The number of anilines is 1. The van der Waals surface area contributed by atoms with Crippen molar-refractivity contribution < 1.29 is 4.79 Å². The fraction of sp³-hybridized carbons (Fsp3) is 0.154. The summed E-state index contributed by atoms with van der Waals surface area (Å²) in [5, 5.41) is 2.99. The number of amides is 1. The van der Waals surface area contributed by atoms with Gasteiger partial charge in [0, 0.05) is 12.4 Å². The fourth-order valence-corrected chi connectivity index (χ4v) is 3.40. The second-order valence-electron chi connectivity index (χ2n) is 4.31. The summed E-state index contributed by atoms with van der Waals surface area (Å²) in [6, 6.07) is 7.94. The van der Waals surface area contributed by atoms with Crippen LogP contribution in [0.2, 0.25) is 0 Å². The second kappa shape index (κ2) is 5.18. The Balaban J connectivity index is 1.78. The van der Waals surface area contributed by atoms with Gasteiger partial charge in [-0.25, -0.2) is 9.97 Å². The minimum atomic E-state index is -0.141. The summed E-state index contributed by atoms with van der Waals surface area (Å²) < 4.78 is 1.13. The number of nitrogens with two attached hydrogens (primary N) is 1. The number of benzene rings is 1. The number of fused-ring (bicyclic) bond motifs is 1. The van der Waals surface area contributed by atoms with Crippen LogP contribution < -0.4 is 5.73 Å². The van der Waals surface area contributed by atoms with Gasteiger partial charge in [0.2, 0.25) is 0 Å². The Morgan fingerprint density at radius 3 is 2.85 bits per heavy atom. The average Bonchev–Trinajstić information content (AvgIpc) is 3.03. The number of hydrogen-bond acceptors (Lipinski definition) is 6. The molecule has 0 saturated heterocycles. The van der Waals surface area contributed by atoms with Crippen LogP contribution in [0.15, 0.2) is 29.6 Å². The third kappa shape index (κ3) is 2.50. The van der Waals surface area contributed by atoms with Crippen molar-refractivity contribution >= 4 is 43.9 Å². The Morgan fingerprint density at radius 2 is 2.15 bits per heavy atom. The van der Waals surface area contributed by atoms with Gasteiger partial charge < -0.3 is 10.6 Å². The maximum absolute atomic E-state index is 12.2. The summed E-state index contributed by atoms with van der Waals surface area (Å²) in [6.07, 6.45) is 0. The third-order valence-corrected chi connectivity index (χ3v) is 4.49. The number of nitrogen functional groups attached to an aromatic ring is 1. The zero-order valence-corrected chi connectivity index (χ0v) is 12.4. The van der Waals surface area contributed by atoms with E-state index in [1.54, 1.807) is 28.7 Å².